The Labute approximate surface area is 182 Å². The Kier molecular flexibility index (Phi) is 5.99. The van der Waals surface area contributed by atoms with Crippen molar-refractivity contribution >= 4 is 32.5 Å². The van der Waals surface area contributed by atoms with E-state index >= 15 is 0 Å². The summed E-state index contributed by atoms with van der Waals surface area (Å²) in [6.45, 7) is 2.89. The first-order valence-corrected chi connectivity index (χ1v) is 12.4. The molecule has 0 N–H and O–H groups in total. The molecule has 2 aromatic rings. The molecule has 4 rings (SSSR count). The maximum atomic E-state index is 13.1. The van der Waals surface area contributed by atoms with Crippen molar-refractivity contribution in [1.29, 1.82) is 0 Å². The highest BCUT2D eigenvalue weighted by Gasteiger charge is 2.42. The summed E-state index contributed by atoms with van der Waals surface area (Å²) in [6, 6.07) is 16.6. The zero-order chi connectivity index (χ0) is 21.2. The van der Waals surface area contributed by atoms with Gasteiger partial charge in [-0.1, -0.05) is 37.3 Å². The molecule has 8 heteroatoms. The maximum absolute atomic E-state index is 13.1. The Morgan fingerprint density at radius 1 is 1.03 bits per heavy atom. The van der Waals surface area contributed by atoms with E-state index < -0.39 is 15.7 Å². The third-order valence-electron chi connectivity index (χ3n) is 5.38. The number of hydrogen-bond acceptors (Lipinski definition) is 6. The van der Waals surface area contributed by atoms with Gasteiger partial charge in [0.2, 0.25) is 10.0 Å². The van der Waals surface area contributed by atoms with E-state index in [1.165, 1.54) is 4.31 Å². The first-order chi connectivity index (χ1) is 14.5. The van der Waals surface area contributed by atoms with Crippen LogP contribution in [0.5, 0.6) is 5.75 Å². The molecule has 0 saturated carbocycles. The molecule has 6 nitrogen and oxygen atoms in total. The van der Waals surface area contributed by atoms with Gasteiger partial charge < -0.3 is 4.74 Å². The number of benzene rings is 2. The predicted octanol–water partition coefficient (Wildman–Crippen LogP) is 3.83. The monoisotopic (exact) mass is 443 g/mol. The molecular weight excluding hydrogens is 418 g/mol. The minimum atomic E-state index is -3.55. The van der Waals surface area contributed by atoms with E-state index in [2.05, 4.69) is 6.92 Å². The number of rotatable bonds is 5. The van der Waals surface area contributed by atoms with Crippen LogP contribution in [0.3, 0.4) is 0 Å². The fourth-order valence-corrected chi connectivity index (χ4v) is 6.00. The van der Waals surface area contributed by atoms with E-state index in [9.17, 15) is 8.42 Å². The van der Waals surface area contributed by atoms with Gasteiger partial charge in [0, 0.05) is 31.5 Å². The number of hydrogen-bond donors (Lipinski definition) is 0. The molecule has 0 bridgehead atoms. The quantitative estimate of drug-likeness (QED) is 0.704. The lowest BCUT2D eigenvalue weighted by Crippen LogP contribution is -2.44. The van der Waals surface area contributed by atoms with Gasteiger partial charge in [-0.05, 0) is 30.0 Å². The van der Waals surface area contributed by atoms with E-state index in [0.29, 0.717) is 31.7 Å². The van der Waals surface area contributed by atoms with E-state index in [0.717, 1.165) is 22.1 Å². The zero-order valence-electron chi connectivity index (χ0n) is 17.1. The van der Waals surface area contributed by atoms with Crippen molar-refractivity contribution in [3.63, 3.8) is 0 Å². The minimum Gasteiger partial charge on any atom is -0.497 e. The summed E-state index contributed by atoms with van der Waals surface area (Å²) in [5, 5.41) is 0.954. The summed E-state index contributed by atoms with van der Waals surface area (Å²) in [6.07, 6.45) is 1.15. The molecule has 0 aromatic heterocycles. The molecule has 2 heterocycles. The average molecular weight is 444 g/mol. The summed E-state index contributed by atoms with van der Waals surface area (Å²) in [4.78, 5) is 10.3. The third-order valence-corrected chi connectivity index (χ3v) is 8.14. The smallest absolute Gasteiger partial charge is 0.243 e. The molecule has 2 aliphatic heterocycles. The summed E-state index contributed by atoms with van der Waals surface area (Å²) < 4.78 is 32.8. The van der Waals surface area contributed by atoms with Crippen LogP contribution in [0.15, 0.2) is 69.5 Å². The maximum Gasteiger partial charge on any atom is 0.243 e. The summed E-state index contributed by atoms with van der Waals surface area (Å²) in [7, 11) is -1.99. The molecule has 0 amide bonds. The molecule has 1 saturated heterocycles. The van der Waals surface area contributed by atoms with Gasteiger partial charge in [0.15, 0.2) is 5.66 Å². The molecule has 158 valence electrons. The first kappa shape index (κ1) is 21.1. The van der Waals surface area contributed by atoms with Gasteiger partial charge in [-0.15, -0.1) is 11.8 Å². The third kappa shape index (κ3) is 4.04. The molecule has 1 spiro atoms. The normalized spacial score (nSPS) is 18.9. The fraction of sp³-hybridized carbons (Fsp3) is 0.364. The second kappa shape index (κ2) is 8.53. The Hall–Kier alpha value is -2.16. The van der Waals surface area contributed by atoms with Crippen LogP contribution in [0, 0.1) is 0 Å². The molecule has 0 atom stereocenters. The highest BCUT2D eigenvalue weighted by atomic mass is 32.2. The van der Waals surface area contributed by atoms with E-state index in [-0.39, 0.29) is 4.90 Å². The summed E-state index contributed by atoms with van der Waals surface area (Å²) in [5.41, 5.74) is 1.42. The van der Waals surface area contributed by atoms with Crippen molar-refractivity contribution in [2.24, 2.45) is 9.98 Å². The number of piperidine rings is 1. The number of thioether (sulfide) groups is 1. The average Bonchev–Trinajstić information content (AvgIpc) is 3.12. The largest absolute Gasteiger partial charge is 0.497 e. The number of nitrogens with zero attached hydrogens (tertiary/aromatic N) is 3. The lowest BCUT2D eigenvalue weighted by atomic mass is 10.00. The van der Waals surface area contributed by atoms with Crippen LogP contribution in [0.4, 0.5) is 0 Å². The molecule has 2 aliphatic rings. The molecule has 1 fully saturated rings. The molecule has 30 heavy (non-hydrogen) atoms. The lowest BCUT2D eigenvalue weighted by molar-refractivity contribution is 0.249. The Morgan fingerprint density at radius 3 is 2.30 bits per heavy atom. The Morgan fingerprint density at radius 2 is 1.70 bits per heavy atom. The molecule has 0 radical (unpaired) electrons. The first-order valence-electron chi connectivity index (χ1n) is 10.00. The van der Waals surface area contributed by atoms with Crippen LogP contribution in [0.25, 0.3) is 0 Å². The van der Waals surface area contributed by atoms with Crippen molar-refractivity contribution in [3.05, 3.63) is 60.2 Å². The SMILES string of the molecule is CCSC1=NC2(CCN(S(=O)(=O)c3ccc(OC)cc3)CC2)N=C1c1ccccc1. The van der Waals surface area contributed by atoms with Crippen molar-refractivity contribution in [2.45, 2.75) is 30.3 Å². The van der Waals surface area contributed by atoms with E-state index in [1.807, 2.05) is 30.3 Å². The van der Waals surface area contributed by atoms with Crippen LogP contribution in [0.1, 0.15) is 25.3 Å². The van der Waals surface area contributed by atoms with Gasteiger partial charge in [-0.3, -0.25) is 4.99 Å². The van der Waals surface area contributed by atoms with Crippen LogP contribution < -0.4 is 4.74 Å². The van der Waals surface area contributed by atoms with Gasteiger partial charge in [-0.2, -0.15) is 4.31 Å². The molecule has 2 aromatic carbocycles. The lowest BCUT2D eigenvalue weighted by Gasteiger charge is -2.34. The van der Waals surface area contributed by atoms with Crippen molar-refractivity contribution in [1.82, 2.24) is 4.31 Å². The topological polar surface area (TPSA) is 71.3 Å². The number of sulfonamides is 1. The summed E-state index contributed by atoms with van der Waals surface area (Å²) in [5.74, 6) is 1.55. The molecular formula is C22H25N3O3S2. The zero-order valence-corrected chi connectivity index (χ0v) is 18.7. The van der Waals surface area contributed by atoms with Crippen LogP contribution in [0.2, 0.25) is 0 Å². The Balaban J connectivity index is 1.55. The second-order valence-electron chi connectivity index (χ2n) is 7.24. The number of ether oxygens (including phenoxy) is 1. The number of aliphatic imine (C=N–C) groups is 2. The Bertz CT molecular complexity index is 1060. The molecule has 0 aliphatic carbocycles. The van der Waals surface area contributed by atoms with E-state index in [1.54, 1.807) is 43.1 Å². The van der Waals surface area contributed by atoms with Gasteiger partial charge in [-0.25, -0.2) is 13.4 Å². The van der Waals surface area contributed by atoms with Crippen LogP contribution in [-0.2, 0) is 10.0 Å². The van der Waals surface area contributed by atoms with Gasteiger partial charge in [0.1, 0.15) is 10.8 Å². The van der Waals surface area contributed by atoms with Crippen LogP contribution >= 0.6 is 11.8 Å². The second-order valence-corrected chi connectivity index (χ2v) is 10.4. The van der Waals surface area contributed by atoms with Crippen LogP contribution in [-0.4, -0.2) is 55.1 Å². The van der Waals surface area contributed by atoms with E-state index in [4.69, 9.17) is 14.7 Å². The fourth-order valence-electron chi connectivity index (χ4n) is 3.75. The van der Waals surface area contributed by atoms with Crippen molar-refractivity contribution in [2.75, 3.05) is 26.0 Å². The van der Waals surface area contributed by atoms with Gasteiger partial charge >= 0.3 is 0 Å². The standard InChI is InChI=1S/C22H25N3O3S2/c1-3-29-21-20(17-7-5-4-6-8-17)23-22(24-21)13-15-25(16-14-22)30(26,27)19-11-9-18(28-2)10-12-19/h4-12H,3,13-16H2,1-2H3. The highest BCUT2D eigenvalue weighted by molar-refractivity contribution is 8.15. The highest BCUT2D eigenvalue weighted by Crippen LogP contribution is 2.37. The number of methoxy groups -OCH3 is 1. The predicted molar refractivity (Wildman–Crippen MR) is 122 cm³/mol. The van der Waals surface area contributed by atoms with Crippen molar-refractivity contribution < 1.29 is 13.2 Å². The van der Waals surface area contributed by atoms with Crippen molar-refractivity contribution in [3.8, 4) is 5.75 Å². The summed E-state index contributed by atoms with van der Waals surface area (Å²) >= 11 is 1.69. The minimum absolute atomic E-state index is 0.282. The van der Waals surface area contributed by atoms with Gasteiger partial charge in [0.25, 0.3) is 0 Å². The molecule has 0 unspecified atom stereocenters. The van der Waals surface area contributed by atoms with Gasteiger partial charge in [0.05, 0.1) is 17.7 Å².